The molecule has 2 unspecified atom stereocenters. The van der Waals surface area contributed by atoms with Crippen LogP contribution in [0.5, 0.6) is 0 Å². The minimum atomic E-state index is 0.614. The molecule has 0 radical (unpaired) electrons. The Hall–Kier alpha value is -0.470. The van der Waals surface area contributed by atoms with E-state index in [2.05, 4.69) is 56.0 Å². The molecule has 0 fully saturated rings. The van der Waals surface area contributed by atoms with Gasteiger partial charge in [0.1, 0.15) is 0 Å². The lowest BCUT2D eigenvalue weighted by atomic mass is 10.0. The molecular weight excluding hydrogens is 274 g/mol. The van der Waals surface area contributed by atoms with Gasteiger partial charge in [-0.3, -0.25) is 0 Å². The van der Waals surface area contributed by atoms with Gasteiger partial charge in [-0.25, -0.2) is 0 Å². The van der Waals surface area contributed by atoms with Gasteiger partial charge in [0, 0.05) is 17.0 Å². The number of nitrogens with one attached hydrogen (secondary N) is 1. The first-order chi connectivity index (χ1) is 10.2. The van der Waals surface area contributed by atoms with Crippen molar-refractivity contribution in [2.45, 2.75) is 70.6 Å². The lowest BCUT2D eigenvalue weighted by Gasteiger charge is -2.20. The fourth-order valence-corrected chi connectivity index (χ4v) is 4.01. The summed E-state index contributed by atoms with van der Waals surface area (Å²) in [6, 6.07) is 7.81. The highest BCUT2D eigenvalue weighted by Gasteiger charge is 2.14. The largest absolute Gasteiger partial charge is 0.313 e. The normalized spacial score (nSPS) is 16.7. The summed E-state index contributed by atoms with van der Waals surface area (Å²) in [7, 11) is 0. The van der Waals surface area contributed by atoms with Crippen LogP contribution in [0.1, 0.15) is 56.7 Å². The van der Waals surface area contributed by atoms with Crippen LogP contribution in [0.4, 0.5) is 0 Å². The van der Waals surface area contributed by atoms with Gasteiger partial charge >= 0.3 is 0 Å². The van der Waals surface area contributed by atoms with E-state index < -0.39 is 0 Å². The van der Waals surface area contributed by atoms with E-state index in [1.165, 1.54) is 49.8 Å². The van der Waals surface area contributed by atoms with Crippen molar-refractivity contribution in [1.29, 1.82) is 0 Å². The zero-order valence-corrected chi connectivity index (χ0v) is 14.8. The number of hydrogen-bond donors (Lipinski definition) is 1. The molecule has 1 aliphatic rings. The molecule has 21 heavy (non-hydrogen) atoms. The first kappa shape index (κ1) is 16.9. The predicted molar refractivity (Wildman–Crippen MR) is 96.5 cm³/mol. The second-order valence-corrected chi connectivity index (χ2v) is 7.84. The number of fused-ring (bicyclic) bond motifs is 1. The molecule has 0 bridgehead atoms. The summed E-state index contributed by atoms with van der Waals surface area (Å²) >= 11 is 2.12. The van der Waals surface area contributed by atoms with E-state index in [1.807, 2.05) is 0 Å². The summed E-state index contributed by atoms with van der Waals surface area (Å²) in [5.41, 5.74) is 4.72. The molecule has 0 saturated heterocycles. The molecule has 1 aliphatic carbocycles. The molecule has 0 aromatic heterocycles. The predicted octanol–water partition coefficient (Wildman–Crippen LogP) is 4.62. The fourth-order valence-electron chi connectivity index (χ4n) is 2.97. The topological polar surface area (TPSA) is 12.0 Å². The number of benzene rings is 1. The molecule has 1 aromatic rings. The third-order valence-electron chi connectivity index (χ3n) is 4.48. The molecule has 0 aliphatic heterocycles. The van der Waals surface area contributed by atoms with E-state index in [0.717, 1.165) is 11.8 Å². The standard InChI is InChI=1S/C19H31NS/c1-4-11-20-19(14-21-15(3)5-2)13-16-9-10-17-7-6-8-18(17)12-16/h9-10,12,15,19-20H,4-8,11,13-14H2,1-3H3. The molecule has 2 heteroatoms. The molecule has 2 atom stereocenters. The van der Waals surface area contributed by atoms with Crippen LogP contribution in [0.3, 0.4) is 0 Å². The van der Waals surface area contributed by atoms with Crippen molar-refractivity contribution >= 4 is 11.8 Å². The highest BCUT2D eigenvalue weighted by molar-refractivity contribution is 7.99. The maximum absolute atomic E-state index is 3.74. The average Bonchev–Trinajstić information content (AvgIpc) is 2.97. The highest BCUT2D eigenvalue weighted by atomic mass is 32.2. The van der Waals surface area contributed by atoms with Gasteiger partial charge in [-0.1, -0.05) is 39.0 Å². The van der Waals surface area contributed by atoms with Gasteiger partial charge in [0.25, 0.3) is 0 Å². The van der Waals surface area contributed by atoms with Crippen molar-refractivity contribution in [3.05, 3.63) is 34.9 Å². The third kappa shape index (κ3) is 5.34. The van der Waals surface area contributed by atoms with E-state index in [4.69, 9.17) is 0 Å². The van der Waals surface area contributed by atoms with Crippen LogP contribution >= 0.6 is 11.8 Å². The number of thioether (sulfide) groups is 1. The van der Waals surface area contributed by atoms with Crippen molar-refractivity contribution < 1.29 is 0 Å². The molecule has 1 N–H and O–H groups in total. The first-order valence-corrected chi connectivity index (χ1v) is 9.73. The van der Waals surface area contributed by atoms with Crippen LogP contribution in [-0.4, -0.2) is 23.6 Å². The Morgan fingerprint density at radius 2 is 2.00 bits per heavy atom. The van der Waals surface area contributed by atoms with Crippen molar-refractivity contribution in [3.8, 4) is 0 Å². The summed E-state index contributed by atoms with van der Waals surface area (Å²) in [5.74, 6) is 1.23. The molecule has 2 rings (SSSR count). The van der Waals surface area contributed by atoms with Crippen molar-refractivity contribution in [3.63, 3.8) is 0 Å². The number of hydrogen-bond acceptors (Lipinski definition) is 2. The first-order valence-electron chi connectivity index (χ1n) is 8.68. The van der Waals surface area contributed by atoms with Crippen LogP contribution in [0.2, 0.25) is 0 Å². The van der Waals surface area contributed by atoms with Crippen molar-refractivity contribution in [2.75, 3.05) is 12.3 Å². The quantitative estimate of drug-likeness (QED) is 0.714. The zero-order chi connectivity index (χ0) is 15.1. The van der Waals surface area contributed by atoms with Gasteiger partial charge in [-0.2, -0.15) is 11.8 Å². The minimum absolute atomic E-state index is 0.614. The lowest BCUT2D eigenvalue weighted by Crippen LogP contribution is -2.34. The summed E-state index contributed by atoms with van der Waals surface area (Å²) in [5, 5.41) is 4.52. The second-order valence-electron chi connectivity index (χ2n) is 6.36. The van der Waals surface area contributed by atoms with E-state index in [0.29, 0.717) is 6.04 Å². The average molecular weight is 306 g/mol. The van der Waals surface area contributed by atoms with Crippen molar-refractivity contribution in [2.24, 2.45) is 0 Å². The Kier molecular flexibility index (Phi) is 7.12. The minimum Gasteiger partial charge on any atom is -0.313 e. The van der Waals surface area contributed by atoms with Gasteiger partial charge in [-0.05, 0) is 61.8 Å². The summed E-state index contributed by atoms with van der Waals surface area (Å²) in [4.78, 5) is 0. The Balaban J connectivity index is 1.93. The maximum atomic E-state index is 3.74. The van der Waals surface area contributed by atoms with Gasteiger partial charge < -0.3 is 5.32 Å². The number of aryl methyl sites for hydroxylation is 2. The molecular formula is C19H31NS. The summed E-state index contributed by atoms with van der Waals surface area (Å²) < 4.78 is 0. The molecule has 1 aromatic carbocycles. The van der Waals surface area contributed by atoms with Gasteiger partial charge in [0.2, 0.25) is 0 Å². The SMILES string of the molecule is CCCNC(CSC(C)CC)Cc1ccc2c(c1)CCC2. The molecule has 0 saturated carbocycles. The summed E-state index contributed by atoms with van der Waals surface area (Å²) in [6.07, 6.45) is 7.59. The Bertz CT molecular complexity index is 430. The molecule has 118 valence electrons. The Morgan fingerprint density at radius 1 is 1.19 bits per heavy atom. The highest BCUT2D eigenvalue weighted by Crippen LogP contribution is 2.24. The second kappa shape index (κ2) is 8.85. The maximum Gasteiger partial charge on any atom is 0.0198 e. The van der Waals surface area contributed by atoms with E-state index in [1.54, 1.807) is 11.1 Å². The van der Waals surface area contributed by atoms with Crippen LogP contribution < -0.4 is 5.32 Å². The van der Waals surface area contributed by atoms with Crippen LogP contribution in [0.15, 0.2) is 18.2 Å². The molecule has 0 spiro atoms. The van der Waals surface area contributed by atoms with Crippen LogP contribution in [-0.2, 0) is 19.3 Å². The Labute approximate surface area is 135 Å². The third-order valence-corrected chi connectivity index (χ3v) is 5.98. The van der Waals surface area contributed by atoms with E-state index in [-0.39, 0.29) is 0 Å². The number of rotatable bonds is 9. The Morgan fingerprint density at radius 3 is 2.76 bits per heavy atom. The lowest BCUT2D eigenvalue weighted by molar-refractivity contribution is 0.549. The summed E-state index contributed by atoms with van der Waals surface area (Å²) in [6.45, 7) is 8.02. The van der Waals surface area contributed by atoms with Crippen molar-refractivity contribution in [1.82, 2.24) is 5.32 Å². The molecule has 1 nitrogen and oxygen atoms in total. The molecule has 0 amide bonds. The molecule has 0 heterocycles. The van der Waals surface area contributed by atoms with Crippen LogP contribution in [0, 0.1) is 0 Å². The van der Waals surface area contributed by atoms with Crippen LogP contribution in [0.25, 0.3) is 0 Å². The van der Waals surface area contributed by atoms with Gasteiger partial charge in [0.05, 0.1) is 0 Å². The fraction of sp³-hybridized carbons (Fsp3) is 0.684. The van der Waals surface area contributed by atoms with E-state index in [9.17, 15) is 0 Å². The van der Waals surface area contributed by atoms with Gasteiger partial charge in [0.15, 0.2) is 0 Å². The zero-order valence-electron chi connectivity index (χ0n) is 14.0. The van der Waals surface area contributed by atoms with E-state index >= 15 is 0 Å². The monoisotopic (exact) mass is 305 g/mol. The smallest absolute Gasteiger partial charge is 0.0198 e. The van der Waals surface area contributed by atoms with Gasteiger partial charge in [-0.15, -0.1) is 0 Å².